The van der Waals surface area contributed by atoms with Crippen molar-refractivity contribution in [1.29, 1.82) is 0 Å². The molecule has 1 aromatic rings. The van der Waals surface area contributed by atoms with Crippen LogP contribution in [0.1, 0.15) is 62.4 Å². The molecule has 0 radical (unpaired) electrons. The first-order valence-electron chi connectivity index (χ1n) is 9.13. The summed E-state index contributed by atoms with van der Waals surface area (Å²) in [5.74, 6) is 1.89. The number of aromatic nitrogens is 2. The number of nitrogens with zero attached hydrogens (tertiary/aromatic N) is 3. The van der Waals surface area contributed by atoms with E-state index in [4.69, 9.17) is 4.99 Å². The number of rotatable bonds is 7. The van der Waals surface area contributed by atoms with Crippen LogP contribution >= 0.6 is 0 Å². The highest BCUT2D eigenvalue weighted by atomic mass is 15.3. The van der Waals surface area contributed by atoms with Gasteiger partial charge in [0.05, 0.1) is 12.2 Å². The maximum absolute atomic E-state index is 4.73. The van der Waals surface area contributed by atoms with Crippen LogP contribution in [0.2, 0.25) is 0 Å². The molecule has 1 aliphatic rings. The van der Waals surface area contributed by atoms with Gasteiger partial charge in [0.25, 0.3) is 0 Å². The minimum atomic E-state index is 0.684. The average Bonchev–Trinajstić information content (AvgIpc) is 3.11. The van der Waals surface area contributed by atoms with Crippen LogP contribution < -0.4 is 10.6 Å². The molecule has 5 nitrogen and oxygen atoms in total. The molecule has 0 amide bonds. The minimum absolute atomic E-state index is 0.684. The molecule has 0 bridgehead atoms. The fourth-order valence-corrected chi connectivity index (χ4v) is 3.44. The van der Waals surface area contributed by atoms with Gasteiger partial charge < -0.3 is 10.6 Å². The average molecular weight is 319 g/mol. The van der Waals surface area contributed by atoms with Gasteiger partial charge in [-0.05, 0) is 39.5 Å². The molecule has 0 saturated heterocycles. The van der Waals surface area contributed by atoms with Crippen LogP contribution in [0.15, 0.2) is 4.99 Å². The second-order valence-electron chi connectivity index (χ2n) is 6.69. The molecule has 0 aliphatic heterocycles. The van der Waals surface area contributed by atoms with Gasteiger partial charge in [-0.25, -0.2) is 4.99 Å². The van der Waals surface area contributed by atoms with Crippen LogP contribution in [0, 0.1) is 19.8 Å². The maximum atomic E-state index is 4.73. The van der Waals surface area contributed by atoms with Gasteiger partial charge in [-0.1, -0.05) is 25.7 Å². The fourth-order valence-electron chi connectivity index (χ4n) is 3.44. The van der Waals surface area contributed by atoms with Crippen molar-refractivity contribution in [2.45, 2.75) is 65.8 Å². The SMILES string of the molecule is CCNC(=NCc1c(C)nn(C)c1C)NCCCC1CCCC1. The molecule has 1 fully saturated rings. The zero-order valence-corrected chi connectivity index (χ0v) is 15.3. The van der Waals surface area contributed by atoms with Gasteiger partial charge in [-0.2, -0.15) is 5.10 Å². The Morgan fingerprint density at radius 2 is 2.00 bits per heavy atom. The molecule has 130 valence electrons. The van der Waals surface area contributed by atoms with Gasteiger partial charge in [0.1, 0.15) is 0 Å². The second-order valence-corrected chi connectivity index (χ2v) is 6.69. The summed E-state index contributed by atoms with van der Waals surface area (Å²) in [6.07, 6.45) is 8.34. The van der Waals surface area contributed by atoms with Crippen molar-refractivity contribution in [2.75, 3.05) is 13.1 Å². The third-order valence-electron chi connectivity index (χ3n) is 4.95. The Morgan fingerprint density at radius 1 is 1.26 bits per heavy atom. The second kappa shape index (κ2) is 8.94. The Kier molecular flexibility index (Phi) is 6.93. The van der Waals surface area contributed by atoms with E-state index in [0.717, 1.165) is 30.7 Å². The monoisotopic (exact) mass is 319 g/mol. The van der Waals surface area contributed by atoms with E-state index >= 15 is 0 Å². The molecule has 0 unspecified atom stereocenters. The lowest BCUT2D eigenvalue weighted by atomic mass is 10.0. The van der Waals surface area contributed by atoms with Gasteiger partial charge in [-0.15, -0.1) is 0 Å². The van der Waals surface area contributed by atoms with Crippen molar-refractivity contribution >= 4 is 5.96 Å². The van der Waals surface area contributed by atoms with E-state index in [9.17, 15) is 0 Å². The zero-order valence-electron chi connectivity index (χ0n) is 15.3. The largest absolute Gasteiger partial charge is 0.357 e. The molecule has 1 aliphatic carbocycles. The molecule has 23 heavy (non-hydrogen) atoms. The van der Waals surface area contributed by atoms with Crippen LogP contribution in [-0.2, 0) is 13.6 Å². The summed E-state index contributed by atoms with van der Waals surface area (Å²) in [7, 11) is 1.99. The highest BCUT2D eigenvalue weighted by Gasteiger charge is 2.14. The number of aliphatic imine (C=N–C) groups is 1. The molecule has 2 N–H and O–H groups in total. The van der Waals surface area contributed by atoms with Gasteiger partial charge in [0.2, 0.25) is 0 Å². The van der Waals surface area contributed by atoms with Gasteiger partial charge in [-0.3, -0.25) is 4.68 Å². The van der Waals surface area contributed by atoms with Crippen molar-refractivity contribution in [1.82, 2.24) is 20.4 Å². The summed E-state index contributed by atoms with van der Waals surface area (Å²) >= 11 is 0. The van der Waals surface area contributed by atoms with Gasteiger partial charge in [0.15, 0.2) is 5.96 Å². The fraction of sp³-hybridized carbons (Fsp3) is 0.778. The molecule has 0 aromatic carbocycles. The number of guanidine groups is 1. The van der Waals surface area contributed by atoms with Crippen molar-refractivity contribution < 1.29 is 0 Å². The molecular weight excluding hydrogens is 286 g/mol. The predicted octanol–water partition coefficient (Wildman–Crippen LogP) is 3.06. The topological polar surface area (TPSA) is 54.2 Å². The van der Waals surface area contributed by atoms with E-state index < -0.39 is 0 Å². The summed E-state index contributed by atoms with van der Waals surface area (Å²) in [6, 6.07) is 0. The smallest absolute Gasteiger partial charge is 0.191 e. The van der Waals surface area contributed by atoms with Crippen LogP contribution in [0.25, 0.3) is 0 Å². The predicted molar refractivity (Wildman–Crippen MR) is 96.7 cm³/mol. The third-order valence-corrected chi connectivity index (χ3v) is 4.95. The van der Waals surface area contributed by atoms with E-state index in [0.29, 0.717) is 6.54 Å². The van der Waals surface area contributed by atoms with E-state index in [1.807, 2.05) is 11.7 Å². The minimum Gasteiger partial charge on any atom is -0.357 e. The Labute approximate surface area is 141 Å². The summed E-state index contributed by atoms with van der Waals surface area (Å²) in [5, 5.41) is 11.3. The third kappa shape index (κ3) is 5.26. The van der Waals surface area contributed by atoms with Crippen molar-refractivity contribution in [3.63, 3.8) is 0 Å². The van der Waals surface area contributed by atoms with Crippen LogP contribution in [0.3, 0.4) is 0 Å². The number of nitrogens with one attached hydrogen (secondary N) is 2. The number of aryl methyl sites for hydroxylation is 2. The number of hydrogen-bond donors (Lipinski definition) is 2. The van der Waals surface area contributed by atoms with E-state index in [1.165, 1.54) is 49.8 Å². The Morgan fingerprint density at radius 3 is 2.61 bits per heavy atom. The zero-order chi connectivity index (χ0) is 16.7. The van der Waals surface area contributed by atoms with E-state index in [2.05, 4.69) is 36.5 Å². The van der Waals surface area contributed by atoms with Crippen LogP contribution in [0.4, 0.5) is 0 Å². The maximum Gasteiger partial charge on any atom is 0.191 e. The molecule has 1 aromatic heterocycles. The summed E-state index contributed by atoms with van der Waals surface area (Å²) < 4.78 is 1.93. The van der Waals surface area contributed by atoms with Gasteiger partial charge in [0, 0.05) is 31.4 Å². The lowest BCUT2D eigenvalue weighted by molar-refractivity contribution is 0.481. The number of hydrogen-bond acceptors (Lipinski definition) is 2. The molecular formula is C18H33N5. The lowest BCUT2D eigenvalue weighted by Gasteiger charge is -2.13. The first-order valence-corrected chi connectivity index (χ1v) is 9.13. The Hall–Kier alpha value is -1.52. The Balaban J connectivity index is 1.81. The highest BCUT2D eigenvalue weighted by molar-refractivity contribution is 5.79. The van der Waals surface area contributed by atoms with Crippen molar-refractivity contribution in [3.05, 3.63) is 17.0 Å². The van der Waals surface area contributed by atoms with Crippen LogP contribution in [0.5, 0.6) is 0 Å². The van der Waals surface area contributed by atoms with Crippen molar-refractivity contribution in [3.8, 4) is 0 Å². The van der Waals surface area contributed by atoms with E-state index in [1.54, 1.807) is 0 Å². The summed E-state index contributed by atoms with van der Waals surface area (Å²) in [4.78, 5) is 4.73. The molecule has 1 saturated carbocycles. The van der Waals surface area contributed by atoms with E-state index in [-0.39, 0.29) is 0 Å². The molecule has 1 heterocycles. The molecule has 0 atom stereocenters. The van der Waals surface area contributed by atoms with Gasteiger partial charge >= 0.3 is 0 Å². The normalized spacial score (nSPS) is 16.1. The first kappa shape index (κ1) is 17.8. The first-order chi connectivity index (χ1) is 11.1. The van der Waals surface area contributed by atoms with Crippen molar-refractivity contribution in [2.24, 2.45) is 18.0 Å². The molecule has 0 spiro atoms. The van der Waals surface area contributed by atoms with Crippen LogP contribution in [-0.4, -0.2) is 28.8 Å². The molecule has 2 rings (SSSR count). The lowest BCUT2D eigenvalue weighted by Crippen LogP contribution is -2.37. The summed E-state index contributed by atoms with van der Waals surface area (Å²) in [6.45, 7) is 8.85. The summed E-state index contributed by atoms with van der Waals surface area (Å²) in [5.41, 5.74) is 3.50. The highest BCUT2D eigenvalue weighted by Crippen LogP contribution is 2.28. The molecule has 5 heteroatoms. The Bertz CT molecular complexity index is 512. The standard InChI is InChI=1S/C18H33N5/c1-5-19-18(20-12-8-11-16-9-6-7-10-16)21-13-17-14(2)22-23(4)15(17)3/h16H,5-13H2,1-4H3,(H2,19,20,21). The quantitative estimate of drug-likeness (QED) is 0.461.